The number of hydrogen-bond acceptors (Lipinski definition) is 5. The molecule has 0 radical (unpaired) electrons. The van der Waals surface area contributed by atoms with Crippen molar-refractivity contribution in [3.05, 3.63) is 45.2 Å². The van der Waals surface area contributed by atoms with Crippen molar-refractivity contribution in [2.75, 3.05) is 4.72 Å². The number of halogens is 1. The first-order chi connectivity index (χ1) is 9.46. The van der Waals surface area contributed by atoms with Crippen LogP contribution in [0, 0.1) is 22.7 Å². The average molecular weight is 368 g/mol. The van der Waals surface area contributed by atoms with Crippen LogP contribution in [0.1, 0.15) is 10.4 Å². The molecule has 20 heavy (non-hydrogen) atoms. The molecule has 2 aromatic rings. The SMILES string of the molecule is N#Cc1ccc(S(=O)(=O)Nc2cc(Br)ccc2C#N)s1. The summed E-state index contributed by atoms with van der Waals surface area (Å²) in [5.74, 6) is 0. The van der Waals surface area contributed by atoms with Gasteiger partial charge < -0.3 is 0 Å². The Labute approximate surface area is 128 Å². The molecule has 1 aromatic heterocycles. The molecule has 1 N–H and O–H groups in total. The minimum atomic E-state index is -3.81. The number of nitrogens with one attached hydrogen (secondary N) is 1. The number of anilines is 1. The van der Waals surface area contributed by atoms with Gasteiger partial charge in [0.15, 0.2) is 0 Å². The standard InChI is InChI=1S/C12H6BrN3O2S2/c13-9-2-1-8(6-14)11(5-9)16-20(17,18)12-4-3-10(7-15)19-12/h1-5,16H. The fourth-order valence-electron chi connectivity index (χ4n) is 1.42. The second-order valence-corrected chi connectivity index (χ2v) is 7.55. The van der Waals surface area contributed by atoms with Gasteiger partial charge in [-0.3, -0.25) is 4.72 Å². The van der Waals surface area contributed by atoms with E-state index in [4.69, 9.17) is 10.5 Å². The van der Waals surface area contributed by atoms with Crippen LogP contribution in [0.2, 0.25) is 0 Å². The van der Waals surface area contributed by atoms with Crippen LogP contribution in [0.15, 0.2) is 39.0 Å². The zero-order valence-electron chi connectivity index (χ0n) is 9.79. The zero-order chi connectivity index (χ0) is 14.8. The lowest BCUT2D eigenvalue weighted by molar-refractivity contribution is 0.603. The molecular formula is C12H6BrN3O2S2. The number of hydrogen-bond donors (Lipinski definition) is 1. The number of benzene rings is 1. The van der Waals surface area contributed by atoms with E-state index >= 15 is 0 Å². The summed E-state index contributed by atoms with van der Waals surface area (Å²) in [6.45, 7) is 0. The van der Waals surface area contributed by atoms with Crippen molar-refractivity contribution in [2.24, 2.45) is 0 Å². The highest BCUT2D eigenvalue weighted by molar-refractivity contribution is 9.10. The topological polar surface area (TPSA) is 93.8 Å². The van der Waals surface area contributed by atoms with Crippen molar-refractivity contribution in [3.8, 4) is 12.1 Å². The molecule has 0 saturated heterocycles. The Morgan fingerprint density at radius 1 is 1.15 bits per heavy atom. The molecule has 2 rings (SSSR count). The quantitative estimate of drug-likeness (QED) is 0.901. The van der Waals surface area contributed by atoms with E-state index < -0.39 is 10.0 Å². The Bertz CT molecular complexity index is 844. The summed E-state index contributed by atoms with van der Waals surface area (Å²) < 4.78 is 27.4. The van der Waals surface area contributed by atoms with Gasteiger partial charge in [0, 0.05) is 4.47 Å². The van der Waals surface area contributed by atoms with Gasteiger partial charge in [-0.1, -0.05) is 15.9 Å². The summed E-state index contributed by atoms with van der Waals surface area (Å²) in [6.07, 6.45) is 0. The summed E-state index contributed by atoms with van der Waals surface area (Å²) in [5, 5.41) is 17.7. The van der Waals surface area contributed by atoms with E-state index in [1.807, 2.05) is 12.1 Å². The van der Waals surface area contributed by atoms with Crippen molar-refractivity contribution < 1.29 is 8.42 Å². The van der Waals surface area contributed by atoms with Crippen LogP contribution in [-0.2, 0) is 10.0 Å². The molecule has 0 atom stereocenters. The number of rotatable bonds is 3. The molecule has 0 bridgehead atoms. The minimum Gasteiger partial charge on any atom is -0.278 e. The van der Waals surface area contributed by atoms with Crippen molar-refractivity contribution in [2.45, 2.75) is 4.21 Å². The van der Waals surface area contributed by atoms with Crippen LogP contribution < -0.4 is 4.72 Å². The lowest BCUT2D eigenvalue weighted by Crippen LogP contribution is -2.12. The van der Waals surface area contributed by atoms with E-state index in [0.717, 1.165) is 11.3 Å². The monoisotopic (exact) mass is 367 g/mol. The summed E-state index contributed by atoms with van der Waals surface area (Å²) in [4.78, 5) is 0.306. The first kappa shape index (κ1) is 14.5. The molecule has 0 unspecified atom stereocenters. The van der Waals surface area contributed by atoms with E-state index in [-0.39, 0.29) is 15.5 Å². The molecule has 0 aliphatic heterocycles. The van der Waals surface area contributed by atoms with Gasteiger partial charge in [-0.15, -0.1) is 11.3 Å². The van der Waals surface area contributed by atoms with Crippen molar-refractivity contribution in [1.29, 1.82) is 10.5 Å². The Balaban J connectivity index is 2.41. The molecule has 0 saturated carbocycles. The van der Waals surface area contributed by atoms with Gasteiger partial charge >= 0.3 is 0 Å². The van der Waals surface area contributed by atoms with Crippen LogP contribution >= 0.6 is 27.3 Å². The highest BCUT2D eigenvalue weighted by atomic mass is 79.9. The maximum Gasteiger partial charge on any atom is 0.271 e. The predicted molar refractivity (Wildman–Crippen MR) is 78.7 cm³/mol. The maximum atomic E-state index is 12.2. The maximum absolute atomic E-state index is 12.2. The van der Waals surface area contributed by atoms with Crippen molar-refractivity contribution in [3.63, 3.8) is 0 Å². The molecule has 1 aromatic carbocycles. The van der Waals surface area contributed by atoms with Crippen molar-refractivity contribution >= 4 is 43.0 Å². The summed E-state index contributed by atoms with van der Waals surface area (Å²) in [6, 6.07) is 11.3. The van der Waals surface area contributed by atoms with E-state index in [2.05, 4.69) is 20.7 Å². The van der Waals surface area contributed by atoms with Gasteiger partial charge in [0.1, 0.15) is 21.2 Å². The van der Waals surface area contributed by atoms with Crippen LogP contribution in [0.5, 0.6) is 0 Å². The lowest BCUT2D eigenvalue weighted by Gasteiger charge is -2.08. The second kappa shape index (κ2) is 5.63. The Morgan fingerprint density at radius 2 is 1.90 bits per heavy atom. The lowest BCUT2D eigenvalue weighted by atomic mass is 10.2. The smallest absolute Gasteiger partial charge is 0.271 e. The molecule has 0 fully saturated rings. The molecule has 1 heterocycles. The highest BCUT2D eigenvalue weighted by Gasteiger charge is 2.18. The number of sulfonamides is 1. The number of nitriles is 2. The third kappa shape index (κ3) is 2.99. The third-order valence-corrected chi connectivity index (χ3v) is 5.64. The van der Waals surface area contributed by atoms with Gasteiger partial charge in [-0.2, -0.15) is 10.5 Å². The fourth-order valence-corrected chi connectivity index (χ4v) is 3.95. The van der Waals surface area contributed by atoms with Gasteiger partial charge in [0.2, 0.25) is 0 Å². The fraction of sp³-hybridized carbons (Fsp3) is 0. The minimum absolute atomic E-state index is 0.0258. The molecule has 100 valence electrons. The normalized spacial score (nSPS) is 10.6. The number of nitrogens with zero attached hydrogens (tertiary/aromatic N) is 2. The summed E-state index contributed by atoms with van der Waals surface area (Å²) in [7, 11) is -3.81. The molecular weight excluding hydrogens is 362 g/mol. The highest BCUT2D eigenvalue weighted by Crippen LogP contribution is 2.26. The first-order valence-electron chi connectivity index (χ1n) is 5.18. The van der Waals surface area contributed by atoms with Crippen LogP contribution in [-0.4, -0.2) is 8.42 Å². The van der Waals surface area contributed by atoms with Crippen LogP contribution in [0.3, 0.4) is 0 Å². The zero-order valence-corrected chi connectivity index (χ0v) is 13.0. The molecule has 0 amide bonds. The Hall–Kier alpha value is -1.87. The van der Waals surface area contributed by atoms with E-state index in [0.29, 0.717) is 9.35 Å². The second-order valence-electron chi connectivity index (χ2n) is 3.64. The summed E-state index contributed by atoms with van der Waals surface area (Å²) >= 11 is 4.09. The molecule has 8 heteroatoms. The molecule has 0 aliphatic carbocycles. The first-order valence-corrected chi connectivity index (χ1v) is 8.28. The van der Waals surface area contributed by atoms with Crippen molar-refractivity contribution in [1.82, 2.24) is 0 Å². The van der Waals surface area contributed by atoms with Gasteiger partial charge in [0.25, 0.3) is 10.0 Å². The average Bonchev–Trinajstić information content (AvgIpc) is 2.88. The van der Waals surface area contributed by atoms with E-state index in [1.54, 1.807) is 6.07 Å². The Kier molecular flexibility index (Phi) is 4.09. The molecule has 0 aliphatic rings. The van der Waals surface area contributed by atoms with Gasteiger partial charge in [0.05, 0.1) is 11.3 Å². The van der Waals surface area contributed by atoms with E-state index in [1.165, 1.54) is 24.3 Å². The van der Waals surface area contributed by atoms with Crippen LogP contribution in [0.25, 0.3) is 0 Å². The molecule has 5 nitrogen and oxygen atoms in total. The Morgan fingerprint density at radius 3 is 2.50 bits per heavy atom. The largest absolute Gasteiger partial charge is 0.278 e. The van der Waals surface area contributed by atoms with E-state index in [9.17, 15) is 8.42 Å². The predicted octanol–water partition coefficient (Wildman–Crippen LogP) is 3.05. The third-order valence-electron chi connectivity index (χ3n) is 2.30. The van der Waals surface area contributed by atoms with Crippen LogP contribution in [0.4, 0.5) is 5.69 Å². The summed E-state index contributed by atoms with van der Waals surface area (Å²) in [5.41, 5.74) is 0.405. The van der Waals surface area contributed by atoms with Gasteiger partial charge in [-0.05, 0) is 30.3 Å². The van der Waals surface area contributed by atoms with Gasteiger partial charge in [-0.25, -0.2) is 8.42 Å². The molecule has 0 spiro atoms. The number of thiophene rings is 1.